The highest BCUT2D eigenvalue weighted by Gasteiger charge is 2.40. The molecule has 74 valence electrons. The monoisotopic (exact) mass is 185 g/mol. The average Bonchev–Trinajstić information content (AvgIpc) is 2.03. The fourth-order valence-corrected chi connectivity index (χ4v) is 1.39. The third kappa shape index (κ3) is 2.44. The molecule has 1 N–H and O–H groups in total. The van der Waals surface area contributed by atoms with E-state index in [2.05, 4.69) is 12.2 Å². The smallest absolute Gasteiger partial charge is 0.304 e. The number of carbonyl (C=O) groups excluding carboxylic acids is 2. The van der Waals surface area contributed by atoms with Gasteiger partial charge in [0.15, 0.2) is 6.23 Å². The summed E-state index contributed by atoms with van der Waals surface area (Å²) in [5.74, 6) is -0.463. The van der Waals surface area contributed by atoms with E-state index in [9.17, 15) is 9.59 Å². The number of amides is 1. The van der Waals surface area contributed by atoms with E-state index in [-0.39, 0.29) is 24.0 Å². The maximum Gasteiger partial charge on any atom is 0.304 e. The van der Waals surface area contributed by atoms with Crippen LogP contribution in [0.3, 0.4) is 0 Å². The molecule has 0 saturated carbocycles. The average molecular weight is 185 g/mol. The molecule has 1 amide bonds. The SMILES string of the molecule is CCCC[C@@H]1C(=O)N[C@H]1OC(C)=O. The van der Waals surface area contributed by atoms with Crippen molar-refractivity contribution in [2.75, 3.05) is 0 Å². The fraction of sp³-hybridized carbons (Fsp3) is 0.778. The molecule has 1 rings (SSSR count). The van der Waals surface area contributed by atoms with Gasteiger partial charge in [-0.25, -0.2) is 0 Å². The molecule has 0 bridgehead atoms. The standard InChI is InChI=1S/C9H15NO3/c1-3-4-5-7-8(12)10-9(7)13-6(2)11/h7,9H,3-5H2,1-2H3,(H,10,12)/t7-,9+/m1/s1. The van der Waals surface area contributed by atoms with Gasteiger partial charge in [0.1, 0.15) is 0 Å². The molecule has 1 saturated heterocycles. The normalized spacial score (nSPS) is 26.2. The van der Waals surface area contributed by atoms with Crippen LogP contribution in [-0.2, 0) is 14.3 Å². The van der Waals surface area contributed by atoms with Crippen molar-refractivity contribution in [3.63, 3.8) is 0 Å². The minimum atomic E-state index is -0.378. The van der Waals surface area contributed by atoms with Crippen molar-refractivity contribution in [3.05, 3.63) is 0 Å². The molecule has 0 aliphatic carbocycles. The zero-order valence-corrected chi connectivity index (χ0v) is 8.00. The van der Waals surface area contributed by atoms with Gasteiger partial charge in [-0.15, -0.1) is 0 Å². The van der Waals surface area contributed by atoms with Gasteiger partial charge in [-0.1, -0.05) is 19.8 Å². The summed E-state index contributed by atoms with van der Waals surface area (Å²) in [7, 11) is 0. The van der Waals surface area contributed by atoms with Crippen LogP contribution >= 0.6 is 0 Å². The molecule has 2 atom stereocenters. The molecule has 4 heteroatoms. The summed E-state index contributed by atoms with van der Waals surface area (Å²) in [6.07, 6.45) is 2.48. The van der Waals surface area contributed by atoms with Crippen LogP contribution < -0.4 is 5.32 Å². The van der Waals surface area contributed by atoms with Gasteiger partial charge < -0.3 is 10.1 Å². The van der Waals surface area contributed by atoms with Crippen molar-refractivity contribution in [3.8, 4) is 0 Å². The van der Waals surface area contributed by atoms with E-state index in [0.29, 0.717) is 0 Å². The summed E-state index contributed by atoms with van der Waals surface area (Å²) in [4.78, 5) is 21.6. The first kappa shape index (κ1) is 10.0. The van der Waals surface area contributed by atoms with E-state index in [1.807, 2.05) is 0 Å². The number of hydrogen-bond donors (Lipinski definition) is 1. The summed E-state index contributed by atoms with van der Waals surface area (Å²) in [5.41, 5.74) is 0. The Morgan fingerprint density at radius 3 is 2.77 bits per heavy atom. The lowest BCUT2D eigenvalue weighted by molar-refractivity contribution is -0.167. The highest BCUT2D eigenvalue weighted by Crippen LogP contribution is 2.22. The molecule has 0 aromatic heterocycles. The highest BCUT2D eigenvalue weighted by atomic mass is 16.6. The van der Waals surface area contributed by atoms with Gasteiger partial charge in [-0.3, -0.25) is 9.59 Å². The van der Waals surface area contributed by atoms with E-state index in [0.717, 1.165) is 19.3 Å². The van der Waals surface area contributed by atoms with Crippen LogP contribution in [0.5, 0.6) is 0 Å². The van der Waals surface area contributed by atoms with Crippen LogP contribution in [0.4, 0.5) is 0 Å². The zero-order chi connectivity index (χ0) is 9.84. The Hall–Kier alpha value is -1.06. The number of ether oxygens (including phenoxy) is 1. The minimum Gasteiger partial charge on any atom is -0.441 e. The van der Waals surface area contributed by atoms with Gasteiger partial charge in [0.2, 0.25) is 5.91 Å². The van der Waals surface area contributed by atoms with E-state index in [1.54, 1.807) is 0 Å². The fourth-order valence-electron chi connectivity index (χ4n) is 1.39. The largest absolute Gasteiger partial charge is 0.441 e. The molecular weight excluding hydrogens is 170 g/mol. The van der Waals surface area contributed by atoms with Crippen LogP contribution in [0.1, 0.15) is 33.1 Å². The molecule has 1 aliphatic heterocycles. The maximum absolute atomic E-state index is 11.0. The number of esters is 1. The summed E-state index contributed by atoms with van der Waals surface area (Å²) < 4.78 is 4.90. The van der Waals surface area contributed by atoms with E-state index in [4.69, 9.17) is 4.74 Å². The summed E-state index contributed by atoms with van der Waals surface area (Å²) in [6, 6.07) is 0. The Bertz CT molecular complexity index is 215. The Kier molecular flexibility index (Phi) is 3.28. The van der Waals surface area contributed by atoms with Gasteiger partial charge in [-0.05, 0) is 6.42 Å². The Labute approximate surface area is 77.6 Å². The van der Waals surface area contributed by atoms with Gasteiger partial charge in [-0.2, -0.15) is 0 Å². The predicted molar refractivity (Wildman–Crippen MR) is 46.7 cm³/mol. The van der Waals surface area contributed by atoms with Gasteiger partial charge in [0.05, 0.1) is 5.92 Å². The molecule has 0 spiro atoms. The Morgan fingerprint density at radius 2 is 2.31 bits per heavy atom. The molecule has 13 heavy (non-hydrogen) atoms. The number of carbonyl (C=O) groups is 2. The quantitative estimate of drug-likeness (QED) is 0.521. The number of nitrogens with one attached hydrogen (secondary N) is 1. The lowest BCUT2D eigenvalue weighted by Crippen LogP contribution is -2.59. The third-order valence-corrected chi connectivity index (χ3v) is 2.15. The molecule has 1 heterocycles. The minimum absolute atomic E-state index is 0.000278. The van der Waals surface area contributed by atoms with Crippen molar-refractivity contribution >= 4 is 11.9 Å². The number of rotatable bonds is 4. The van der Waals surface area contributed by atoms with Crippen LogP contribution in [0.2, 0.25) is 0 Å². The second-order valence-corrected chi connectivity index (χ2v) is 3.29. The highest BCUT2D eigenvalue weighted by molar-refractivity contribution is 5.86. The van der Waals surface area contributed by atoms with Crippen LogP contribution in [-0.4, -0.2) is 18.1 Å². The van der Waals surface area contributed by atoms with Crippen molar-refractivity contribution in [1.29, 1.82) is 0 Å². The Morgan fingerprint density at radius 1 is 1.62 bits per heavy atom. The number of hydrogen-bond acceptors (Lipinski definition) is 3. The number of β-lactam (4-membered cyclic amide) rings is 1. The zero-order valence-electron chi connectivity index (χ0n) is 8.00. The first-order valence-corrected chi connectivity index (χ1v) is 4.62. The molecule has 1 fully saturated rings. The predicted octanol–water partition coefficient (Wildman–Crippen LogP) is 0.812. The second kappa shape index (κ2) is 4.25. The summed E-state index contributed by atoms with van der Waals surface area (Å²) in [6.45, 7) is 3.42. The summed E-state index contributed by atoms with van der Waals surface area (Å²) in [5, 5.41) is 2.55. The molecule has 0 aromatic carbocycles. The van der Waals surface area contributed by atoms with E-state index >= 15 is 0 Å². The van der Waals surface area contributed by atoms with Gasteiger partial charge in [0, 0.05) is 6.92 Å². The van der Waals surface area contributed by atoms with Crippen molar-refractivity contribution in [2.24, 2.45) is 5.92 Å². The van der Waals surface area contributed by atoms with Crippen LogP contribution in [0, 0.1) is 5.92 Å². The maximum atomic E-state index is 11.0. The number of unbranched alkanes of at least 4 members (excludes halogenated alkanes) is 1. The topological polar surface area (TPSA) is 55.4 Å². The lowest BCUT2D eigenvalue weighted by atomic mass is 9.93. The molecule has 0 radical (unpaired) electrons. The van der Waals surface area contributed by atoms with Crippen molar-refractivity contribution in [2.45, 2.75) is 39.3 Å². The molecule has 0 unspecified atom stereocenters. The second-order valence-electron chi connectivity index (χ2n) is 3.29. The molecule has 1 aliphatic rings. The van der Waals surface area contributed by atoms with Crippen molar-refractivity contribution in [1.82, 2.24) is 5.32 Å². The van der Waals surface area contributed by atoms with Gasteiger partial charge in [0.25, 0.3) is 0 Å². The lowest BCUT2D eigenvalue weighted by Gasteiger charge is -2.35. The van der Waals surface area contributed by atoms with E-state index in [1.165, 1.54) is 6.92 Å². The van der Waals surface area contributed by atoms with Gasteiger partial charge >= 0.3 is 5.97 Å². The first-order chi connectivity index (χ1) is 6.15. The third-order valence-electron chi connectivity index (χ3n) is 2.15. The van der Waals surface area contributed by atoms with Crippen molar-refractivity contribution < 1.29 is 14.3 Å². The first-order valence-electron chi connectivity index (χ1n) is 4.62. The van der Waals surface area contributed by atoms with Crippen LogP contribution in [0.15, 0.2) is 0 Å². The molecule has 4 nitrogen and oxygen atoms in total. The van der Waals surface area contributed by atoms with E-state index < -0.39 is 0 Å². The Balaban J connectivity index is 2.32. The summed E-state index contributed by atoms with van der Waals surface area (Å²) >= 11 is 0. The molecule has 0 aromatic rings. The molecular formula is C9H15NO3. The van der Waals surface area contributed by atoms with Crippen LogP contribution in [0.25, 0.3) is 0 Å².